The molecule has 4 heteroatoms. The maximum Gasteiger partial charge on any atom is 0.145 e. The molecule has 1 heterocycles. The zero-order valence-corrected chi connectivity index (χ0v) is 18.7. The van der Waals surface area contributed by atoms with Gasteiger partial charge < -0.3 is 5.32 Å². The van der Waals surface area contributed by atoms with E-state index >= 15 is 0 Å². The SMILES string of the molecule is Clc1cc(Cl)cc(C2N=C(c3ccccc3)C=C(c3ccc(-c4ccccc4)cc3)N2)c1. The maximum atomic E-state index is 6.28. The quantitative estimate of drug-likeness (QED) is 0.334. The summed E-state index contributed by atoms with van der Waals surface area (Å²) in [6, 6.07) is 34.7. The Hall–Kier alpha value is -3.33. The van der Waals surface area contributed by atoms with Gasteiger partial charge in [0.1, 0.15) is 6.17 Å². The number of rotatable bonds is 4. The predicted octanol–water partition coefficient (Wildman–Crippen LogP) is 7.79. The molecule has 1 aliphatic heterocycles. The van der Waals surface area contributed by atoms with Gasteiger partial charge in [0.25, 0.3) is 0 Å². The average molecular weight is 455 g/mol. The Bertz CT molecular complexity index is 1270. The summed E-state index contributed by atoms with van der Waals surface area (Å²) in [6.07, 6.45) is 1.80. The molecule has 156 valence electrons. The summed E-state index contributed by atoms with van der Waals surface area (Å²) in [6.45, 7) is 0. The van der Waals surface area contributed by atoms with Crippen LogP contribution in [0.15, 0.2) is 114 Å². The highest BCUT2D eigenvalue weighted by Gasteiger charge is 2.20. The average Bonchev–Trinajstić information content (AvgIpc) is 2.84. The van der Waals surface area contributed by atoms with E-state index in [1.807, 2.05) is 36.4 Å². The van der Waals surface area contributed by atoms with Gasteiger partial charge >= 0.3 is 0 Å². The monoisotopic (exact) mass is 454 g/mol. The third kappa shape index (κ3) is 4.47. The van der Waals surface area contributed by atoms with Gasteiger partial charge in [-0.1, -0.05) is 108 Å². The largest absolute Gasteiger partial charge is 0.360 e. The molecule has 32 heavy (non-hydrogen) atoms. The number of hydrogen-bond donors (Lipinski definition) is 1. The molecule has 4 aromatic rings. The van der Waals surface area contributed by atoms with E-state index in [0.29, 0.717) is 10.0 Å². The van der Waals surface area contributed by atoms with Crippen LogP contribution in [-0.4, -0.2) is 5.71 Å². The van der Waals surface area contributed by atoms with Gasteiger partial charge in [-0.15, -0.1) is 0 Å². The van der Waals surface area contributed by atoms with Gasteiger partial charge in [-0.25, -0.2) is 0 Å². The lowest BCUT2D eigenvalue weighted by Gasteiger charge is -2.25. The smallest absolute Gasteiger partial charge is 0.145 e. The minimum Gasteiger partial charge on any atom is -0.360 e. The van der Waals surface area contributed by atoms with Gasteiger partial charge in [0, 0.05) is 15.7 Å². The molecule has 5 rings (SSSR count). The number of aliphatic imine (C=N–C) groups is 1. The molecule has 2 nitrogen and oxygen atoms in total. The first-order valence-corrected chi connectivity index (χ1v) is 11.1. The summed E-state index contributed by atoms with van der Waals surface area (Å²) in [5.41, 5.74) is 7.36. The zero-order valence-electron chi connectivity index (χ0n) is 17.2. The zero-order chi connectivity index (χ0) is 21.9. The van der Waals surface area contributed by atoms with Crippen molar-refractivity contribution in [2.45, 2.75) is 6.17 Å². The highest BCUT2D eigenvalue weighted by Crippen LogP contribution is 2.30. The molecule has 0 aromatic heterocycles. The van der Waals surface area contributed by atoms with E-state index in [9.17, 15) is 0 Å². The number of hydrogen-bond acceptors (Lipinski definition) is 2. The summed E-state index contributed by atoms with van der Waals surface area (Å²) >= 11 is 12.6. The molecule has 1 aliphatic rings. The number of halogens is 2. The molecule has 0 bridgehead atoms. The maximum absolute atomic E-state index is 6.28. The highest BCUT2D eigenvalue weighted by atomic mass is 35.5. The predicted molar refractivity (Wildman–Crippen MR) is 135 cm³/mol. The summed E-state index contributed by atoms with van der Waals surface area (Å²) < 4.78 is 0. The normalized spacial score (nSPS) is 15.5. The van der Waals surface area contributed by atoms with Crippen molar-refractivity contribution in [2.75, 3.05) is 0 Å². The Morgan fingerprint density at radius 2 is 1.12 bits per heavy atom. The second-order valence-electron chi connectivity index (χ2n) is 7.63. The fourth-order valence-electron chi connectivity index (χ4n) is 3.83. The van der Waals surface area contributed by atoms with Gasteiger partial charge in [-0.3, -0.25) is 4.99 Å². The second-order valence-corrected chi connectivity index (χ2v) is 8.50. The van der Waals surface area contributed by atoms with Crippen molar-refractivity contribution in [3.05, 3.63) is 136 Å². The van der Waals surface area contributed by atoms with E-state index in [2.05, 4.69) is 72.1 Å². The van der Waals surface area contributed by atoms with E-state index in [0.717, 1.165) is 28.1 Å². The molecule has 0 amide bonds. The molecule has 0 spiro atoms. The molecule has 4 aromatic carbocycles. The van der Waals surface area contributed by atoms with Crippen molar-refractivity contribution in [1.29, 1.82) is 0 Å². The minimum atomic E-state index is -0.296. The first kappa shape index (κ1) is 20.6. The van der Waals surface area contributed by atoms with Crippen LogP contribution in [0.1, 0.15) is 22.9 Å². The van der Waals surface area contributed by atoms with Gasteiger partial charge in [-0.2, -0.15) is 0 Å². The van der Waals surface area contributed by atoms with Crippen LogP contribution in [-0.2, 0) is 0 Å². The highest BCUT2D eigenvalue weighted by molar-refractivity contribution is 6.34. The van der Waals surface area contributed by atoms with E-state index in [1.165, 1.54) is 11.1 Å². The van der Waals surface area contributed by atoms with Crippen LogP contribution in [0.5, 0.6) is 0 Å². The molecule has 0 fully saturated rings. The minimum absolute atomic E-state index is 0.296. The summed E-state index contributed by atoms with van der Waals surface area (Å²) in [5.74, 6) is 0. The van der Waals surface area contributed by atoms with Crippen LogP contribution < -0.4 is 5.32 Å². The fraction of sp³-hybridized carbons (Fsp3) is 0.0357. The van der Waals surface area contributed by atoms with Crippen molar-refractivity contribution in [3.63, 3.8) is 0 Å². The first-order chi connectivity index (χ1) is 15.7. The lowest BCUT2D eigenvalue weighted by Crippen LogP contribution is -2.24. The molecule has 1 atom stereocenters. The molecule has 0 saturated carbocycles. The van der Waals surface area contributed by atoms with Crippen molar-refractivity contribution >= 4 is 34.6 Å². The third-order valence-electron chi connectivity index (χ3n) is 5.41. The molecular formula is C28H20Cl2N2. The van der Waals surface area contributed by atoms with Crippen molar-refractivity contribution in [2.24, 2.45) is 4.99 Å². The van der Waals surface area contributed by atoms with Gasteiger partial charge in [0.05, 0.1) is 5.71 Å². The van der Waals surface area contributed by atoms with E-state index < -0.39 is 0 Å². The Labute approximate surface area is 197 Å². The Balaban J connectivity index is 1.54. The van der Waals surface area contributed by atoms with Crippen LogP contribution in [0, 0.1) is 0 Å². The Morgan fingerprint density at radius 3 is 1.75 bits per heavy atom. The summed E-state index contributed by atoms with van der Waals surface area (Å²) in [5, 5.41) is 4.74. The molecular weight excluding hydrogens is 435 g/mol. The molecule has 0 radical (unpaired) electrons. The Morgan fingerprint density at radius 1 is 0.594 bits per heavy atom. The van der Waals surface area contributed by atoms with Crippen LogP contribution in [0.4, 0.5) is 0 Å². The molecule has 0 aliphatic carbocycles. The second kappa shape index (κ2) is 9.04. The first-order valence-electron chi connectivity index (χ1n) is 10.4. The van der Waals surface area contributed by atoms with Crippen molar-refractivity contribution < 1.29 is 0 Å². The molecule has 0 saturated heterocycles. The molecule has 1 unspecified atom stereocenters. The third-order valence-corrected chi connectivity index (χ3v) is 5.85. The van der Waals surface area contributed by atoms with Gasteiger partial charge in [0.2, 0.25) is 0 Å². The van der Waals surface area contributed by atoms with E-state index in [1.54, 1.807) is 6.07 Å². The summed E-state index contributed by atoms with van der Waals surface area (Å²) in [7, 11) is 0. The van der Waals surface area contributed by atoms with Crippen molar-refractivity contribution in [1.82, 2.24) is 5.32 Å². The van der Waals surface area contributed by atoms with Crippen LogP contribution >= 0.6 is 23.2 Å². The lowest BCUT2D eigenvalue weighted by atomic mass is 9.99. The van der Waals surface area contributed by atoms with Crippen molar-refractivity contribution in [3.8, 4) is 11.1 Å². The van der Waals surface area contributed by atoms with Crippen LogP contribution in [0.25, 0.3) is 16.8 Å². The topological polar surface area (TPSA) is 24.4 Å². The van der Waals surface area contributed by atoms with Crippen LogP contribution in [0.2, 0.25) is 10.0 Å². The van der Waals surface area contributed by atoms with Gasteiger partial charge in [-0.05, 0) is 52.1 Å². The standard InChI is InChI=1S/C28H20Cl2N2/c29-24-15-23(16-25(30)17-24)28-31-26(21-9-5-2-6-10-21)18-27(32-28)22-13-11-20(12-14-22)19-7-3-1-4-8-19/h1-18,28,32H. The fourth-order valence-corrected chi connectivity index (χ4v) is 4.37. The lowest BCUT2D eigenvalue weighted by molar-refractivity contribution is 0.664. The molecule has 1 N–H and O–H groups in total. The Kier molecular flexibility index (Phi) is 5.81. The van der Waals surface area contributed by atoms with Gasteiger partial charge in [0.15, 0.2) is 0 Å². The number of benzene rings is 4. The number of allylic oxidation sites excluding steroid dienone is 1. The number of nitrogens with zero attached hydrogens (tertiary/aromatic N) is 1. The van der Waals surface area contributed by atoms with Crippen LogP contribution in [0.3, 0.4) is 0 Å². The van der Waals surface area contributed by atoms with E-state index in [4.69, 9.17) is 28.2 Å². The number of nitrogens with one attached hydrogen (secondary N) is 1. The summed E-state index contributed by atoms with van der Waals surface area (Å²) in [4.78, 5) is 4.96. The van der Waals surface area contributed by atoms with E-state index in [-0.39, 0.29) is 6.17 Å².